The van der Waals surface area contributed by atoms with Crippen molar-refractivity contribution in [1.82, 2.24) is 5.32 Å². The van der Waals surface area contributed by atoms with Crippen LogP contribution in [0, 0.1) is 11.3 Å². The fourth-order valence-electron chi connectivity index (χ4n) is 2.67. The molecule has 1 aliphatic rings. The minimum atomic E-state index is -0.937. The minimum absolute atomic E-state index is 0.235. The summed E-state index contributed by atoms with van der Waals surface area (Å²) in [4.78, 5) is 10.6. The Bertz CT molecular complexity index is 248. The first-order chi connectivity index (χ1) is 7.93. The van der Waals surface area contributed by atoms with E-state index in [1.165, 1.54) is 32.1 Å². The number of carbonyl (C=O) groups is 1. The van der Waals surface area contributed by atoms with Gasteiger partial charge >= 0.3 is 5.97 Å². The summed E-state index contributed by atoms with van der Waals surface area (Å²) >= 11 is 0. The Labute approximate surface area is 104 Å². The van der Waals surface area contributed by atoms with Crippen molar-refractivity contribution < 1.29 is 9.90 Å². The molecule has 0 spiro atoms. The lowest BCUT2D eigenvalue weighted by Gasteiger charge is -2.37. The average Bonchev–Trinajstić information content (AvgIpc) is 2.29. The van der Waals surface area contributed by atoms with E-state index in [0.717, 1.165) is 12.5 Å². The van der Waals surface area contributed by atoms with Crippen LogP contribution in [-0.4, -0.2) is 30.2 Å². The molecule has 1 unspecified atom stereocenters. The molecule has 4 heteroatoms. The predicted octanol–water partition coefficient (Wildman–Crippen LogP) is 1.59. The molecule has 0 amide bonds. The van der Waals surface area contributed by atoms with Crippen molar-refractivity contribution >= 4 is 5.97 Å². The van der Waals surface area contributed by atoms with Crippen LogP contribution >= 0.6 is 0 Å². The van der Waals surface area contributed by atoms with Crippen LogP contribution in [0.3, 0.4) is 0 Å². The topological polar surface area (TPSA) is 75.3 Å². The monoisotopic (exact) mass is 242 g/mol. The highest BCUT2D eigenvalue weighted by molar-refractivity contribution is 5.73. The van der Waals surface area contributed by atoms with Crippen molar-refractivity contribution in [3.63, 3.8) is 0 Å². The molecule has 0 aliphatic heterocycles. The van der Waals surface area contributed by atoms with Crippen LogP contribution in [0.15, 0.2) is 0 Å². The van der Waals surface area contributed by atoms with Gasteiger partial charge in [-0.2, -0.15) is 0 Å². The molecule has 1 saturated carbocycles. The zero-order valence-corrected chi connectivity index (χ0v) is 11.0. The van der Waals surface area contributed by atoms with Gasteiger partial charge in [0, 0.05) is 13.1 Å². The van der Waals surface area contributed by atoms with Crippen LogP contribution in [0.25, 0.3) is 0 Å². The number of hydrogen-bond acceptors (Lipinski definition) is 3. The summed E-state index contributed by atoms with van der Waals surface area (Å²) in [6.45, 7) is 5.73. The Balaban J connectivity index is 2.30. The van der Waals surface area contributed by atoms with Gasteiger partial charge in [0.25, 0.3) is 0 Å². The lowest BCUT2D eigenvalue weighted by molar-refractivity contribution is -0.138. The molecule has 0 aromatic carbocycles. The molecule has 1 aliphatic carbocycles. The van der Waals surface area contributed by atoms with Gasteiger partial charge in [-0.3, -0.25) is 4.79 Å². The second kappa shape index (κ2) is 6.36. The van der Waals surface area contributed by atoms with Crippen molar-refractivity contribution in [2.45, 2.75) is 52.0 Å². The Morgan fingerprint density at radius 1 is 1.41 bits per heavy atom. The Morgan fingerprint density at radius 2 is 2.00 bits per heavy atom. The van der Waals surface area contributed by atoms with E-state index in [9.17, 15) is 4.79 Å². The number of aliphatic carboxylic acids is 1. The lowest BCUT2D eigenvalue weighted by Crippen LogP contribution is -2.44. The third-order valence-corrected chi connectivity index (χ3v) is 3.97. The summed E-state index contributed by atoms with van der Waals surface area (Å²) in [5, 5.41) is 11.9. The van der Waals surface area contributed by atoms with Crippen molar-refractivity contribution in [3.8, 4) is 0 Å². The summed E-state index contributed by atoms with van der Waals surface area (Å²) in [5.74, 6) is -0.183. The summed E-state index contributed by atoms with van der Waals surface area (Å²) in [5.41, 5.74) is 5.70. The summed E-state index contributed by atoms with van der Waals surface area (Å²) in [6.07, 6.45) is 6.65. The molecule has 1 atom stereocenters. The van der Waals surface area contributed by atoms with Gasteiger partial charge in [-0.25, -0.2) is 0 Å². The maximum Gasteiger partial charge on any atom is 0.321 e. The molecule has 0 saturated heterocycles. The van der Waals surface area contributed by atoms with E-state index in [0.29, 0.717) is 6.54 Å². The number of nitrogens with one attached hydrogen (secondary N) is 1. The largest absolute Gasteiger partial charge is 0.480 e. The van der Waals surface area contributed by atoms with E-state index in [4.69, 9.17) is 10.8 Å². The van der Waals surface area contributed by atoms with Crippen molar-refractivity contribution in [1.29, 1.82) is 0 Å². The molecule has 4 N–H and O–H groups in total. The number of nitrogens with two attached hydrogens (primary N) is 1. The van der Waals surface area contributed by atoms with E-state index >= 15 is 0 Å². The maximum atomic E-state index is 10.6. The molecule has 0 aromatic heterocycles. The number of carboxylic acids is 1. The minimum Gasteiger partial charge on any atom is -0.480 e. The first-order valence-corrected chi connectivity index (χ1v) is 6.62. The highest BCUT2D eigenvalue weighted by Crippen LogP contribution is 2.37. The maximum absolute atomic E-state index is 10.6. The zero-order chi connectivity index (χ0) is 12.9. The SMILES string of the molecule is CC(C)(CNCC(N)C(=O)O)C1CCCCC1. The average molecular weight is 242 g/mol. The highest BCUT2D eigenvalue weighted by atomic mass is 16.4. The van der Waals surface area contributed by atoms with Crippen LogP contribution in [0.2, 0.25) is 0 Å². The Kier molecular flexibility index (Phi) is 5.40. The Morgan fingerprint density at radius 3 is 2.53 bits per heavy atom. The molecule has 0 heterocycles. The van der Waals surface area contributed by atoms with E-state index in [-0.39, 0.29) is 5.41 Å². The summed E-state index contributed by atoms with van der Waals surface area (Å²) in [7, 11) is 0. The smallest absolute Gasteiger partial charge is 0.321 e. The van der Waals surface area contributed by atoms with Crippen LogP contribution in [0.4, 0.5) is 0 Å². The van der Waals surface area contributed by atoms with Crippen molar-refractivity contribution in [2.24, 2.45) is 17.1 Å². The standard InChI is InChI=1S/C13H26N2O2/c1-13(2,10-6-4-3-5-7-10)9-15-8-11(14)12(16)17/h10-11,15H,3-9,14H2,1-2H3,(H,16,17). The van der Waals surface area contributed by atoms with Crippen LogP contribution in [-0.2, 0) is 4.79 Å². The molecular weight excluding hydrogens is 216 g/mol. The van der Waals surface area contributed by atoms with Gasteiger partial charge in [0.15, 0.2) is 0 Å². The van der Waals surface area contributed by atoms with Crippen LogP contribution < -0.4 is 11.1 Å². The lowest BCUT2D eigenvalue weighted by atomic mass is 9.71. The molecule has 17 heavy (non-hydrogen) atoms. The van der Waals surface area contributed by atoms with Gasteiger partial charge in [-0.05, 0) is 24.2 Å². The first kappa shape index (κ1) is 14.5. The molecule has 1 rings (SSSR count). The van der Waals surface area contributed by atoms with Gasteiger partial charge in [-0.15, -0.1) is 0 Å². The molecule has 0 bridgehead atoms. The van der Waals surface area contributed by atoms with Crippen LogP contribution in [0.1, 0.15) is 46.0 Å². The quantitative estimate of drug-likeness (QED) is 0.661. The second-order valence-corrected chi connectivity index (χ2v) is 5.90. The van der Waals surface area contributed by atoms with Gasteiger partial charge in [-0.1, -0.05) is 33.1 Å². The van der Waals surface area contributed by atoms with Gasteiger partial charge in [0.2, 0.25) is 0 Å². The van der Waals surface area contributed by atoms with E-state index in [2.05, 4.69) is 19.2 Å². The van der Waals surface area contributed by atoms with Crippen molar-refractivity contribution in [2.75, 3.05) is 13.1 Å². The fourth-order valence-corrected chi connectivity index (χ4v) is 2.67. The van der Waals surface area contributed by atoms with Gasteiger partial charge in [0.05, 0.1) is 0 Å². The van der Waals surface area contributed by atoms with E-state index in [1.807, 2.05) is 0 Å². The van der Waals surface area contributed by atoms with E-state index < -0.39 is 12.0 Å². The number of carboxylic acid groups (broad SMARTS) is 1. The number of hydrogen-bond donors (Lipinski definition) is 3. The number of rotatable bonds is 6. The second-order valence-electron chi connectivity index (χ2n) is 5.90. The molecule has 4 nitrogen and oxygen atoms in total. The van der Waals surface area contributed by atoms with E-state index in [1.54, 1.807) is 0 Å². The summed E-state index contributed by atoms with van der Waals surface area (Å²) < 4.78 is 0. The fraction of sp³-hybridized carbons (Fsp3) is 0.923. The van der Waals surface area contributed by atoms with Crippen LogP contribution in [0.5, 0.6) is 0 Å². The molecule has 1 fully saturated rings. The Hall–Kier alpha value is -0.610. The summed E-state index contributed by atoms with van der Waals surface area (Å²) in [6, 6.07) is -0.794. The molecule has 0 radical (unpaired) electrons. The molecular formula is C13H26N2O2. The molecule has 100 valence electrons. The van der Waals surface area contributed by atoms with Gasteiger partial charge in [0.1, 0.15) is 6.04 Å². The first-order valence-electron chi connectivity index (χ1n) is 6.62. The third kappa shape index (κ3) is 4.64. The van der Waals surface area contributed by atoms with Crippen molar-refractivity contribution in [3.05, 3.63) is 0 Å². The zero-order valence-electron chi connectivity index (χ0n) is 11.0. The predicted molar refractivity (Wildman–Crippen MR) is 68.8 cm³/mol. The molecule has 0 aromatic rings. The van der Waals surface area contributed by atoms with Gasteiger partial charge < -0.3 is 16.2 Å². The third-order valence-electron chi connectivity index (χ3n) is 3.97. The normalized spacial score (nSPS) is 20.2. The highest BCUT2D eigenvalue weighted by Gasteiger charge is 2.30.